The van der Waals surface area contributed by atoms with Crippen LogP contribution in [0, 0.1) is 5.82 Å². The Kier molecular flexibility index (Phi) is 2.97. The topological polar surface area (TPSA) is 67.5 Å². The highest BCUT2D eigenvalue weighted by molar-refractivity contribution is 6.03. The van der Waals surface area contributed by atoms with E-state index in [0.29, 0.717) is 0 Å². The van der Waals surface area contributed by atoms with Gasteiger partial charge in [0.25, 0.3) is 0 Å². The number of benzene rings is 1. The molecule has 0 atom stereocenters. The third kappa shape index (κ3) is 2.02. The average molecular weight is 248 g/mol. The third-order valence-corrected chi connectivity index (χ3v) is 2.50. The number of halogens is 1. The molecule has 0 fully saturated rings. The first kappa shape index (κ1) is 12.0. The largest absolute Gasteiger partial charge is 0.478 e. The number of Topliss-reactive ketones (excluding diaryl/α,β-unsaturated/α-hetero) is 1. The van der Waals surface area contributed by atoms with Crippen LogP contribution in [0.15, 0.2) is 34.9 Å². The Bertz CT molecular complexity index is 628. The molecule has 1 aromatic carbocycles. The van der Waals surface area contributed by atoms with E-state index in [0.717, 1.165) is 12.1 Å². The van der Waals surface area contributed by atoms with E-state index in [1.54, 1.807) is 0 Å². The lowest BCUT2D eigenvalue weighted by Gasteiger charge is -2.05. The van der Waals surface area contributed by atoms with Gasteiger partial charge in [-0.2, -0.15) is 0 Å². The fourth-order valence-electron chi connectivity index (χ4n) is 1.70. The summed E-state index contributed by atoms with van der Waals surface area (Å²) >= 11 is 0. The first-order valence-electron chi connectivity index (χ1n) is 5.12. The van der Waals surface area contributed by atoms with Crippen molar-refractivity contribution < 1.29 is 23.5 Å². The minimum absolute atomic E-state index is 0.0211. The molecule has 0 radical (unpaired) electrons. The first-order chi connectivity index (χ1) is 8.50. The second kappa shape index (κ2) is 4.44. The van der Waals surface area contributed by atoms with Crippen LogP contribution in [-0.2, 0) is 0 Å². The number of ketones is 1. The van der Waals surface area contributed by atoms with Crippen molar-refractivity contribution in [3.05, 3.63) is 47.5 Å². The molecule has 2 aromatic rings. The van der Waals surface area contributed by atoms with E-state index in [1.807, 2.05) is 0 Å². The van der Waals surface area contributed by atoms with E-state index in [9.17, 15) is 14.0 Å². The third-order valence-electron chi connectivity index (χ3n) is 2.50. The first-order valence-corrected chi connectivity index (χ1v) is 5.12. The molecule has 0 saturated carbocycles. The molecular weight excluding hydrogens is 239 g/mol. The molecule has 92 valence electrons. The smallest absolute Gasteiger partial charge is 0.339 e. The normalized spacial score (nSPS) is 10.3. The summed E-state index contributed by atoms with van der Waals surface area (Å²) in [5, 5.41) is 8.98. The van der Waals surface area contributed by atoms with Crippen molar-refractivity contribution in [1.82, 2.24) is 0 Å². The van der Waals surface area contributed by atoms with Gasteiger partial charge in [-0.3, -0.25) is 4.79 Å². The standard InChI is InChI=1S/C13H9FO4/c1-7(15)9-3-2-8(14)6-11(9)12-10(13(16)17)4-5-18-12/h2-6H,1H3,(H,16,17). The molecule has 0 unspecified atom stereocenters. The lowest BCUT2D eigenvalue weighted by atomic mass is 10.00. The zero-order valence-corrected chi connectivity index (χ0v) is 9.44. The predicted octanol–water partition coefficient (Wildman–Crippen LogP) is 2.99. The van der Waals surface area contributed by atoms with E-state index < -0.39 is 11.8 Å². The maximum atomic E-state index is 13.2. The van der Waals surface area contributed by atoms with Crippen molar-refractivity contribution in [2.45, 2.75) is 6.92 Å². The highest BCUT2D eigenvalue weighted by Gasteiger charge is 2.20. The molecule has 0 bridgehead atoms. The maximum absolute atomic E-state index is 13.2. The van der Waals surface area contributed by atoms with Crippen molar-refractivity contribution in [3.63, 3.8) is 0 Å². The fraction of sp³-hybridized carbons (Fsp3) is 0.0769. The molecule has 18 heavy (non-hydrogen) atoms. The second-order valence-corrected chi connectivity index (χ2v) is 3.71. The summed E-state index contributed by atoms with van der Waals surface area (Å²) in [7, 11) is 0. The monoisotopic (exact) mass is 248 g/mol. The molecule has 0 spiro atoms. The van der Waals surface area contributed by atoms with Crippen LogP contribution in [0.5, 0.6) is 0 Å². The Morgan fingerprint density at radius 3 is 2.56 bits per heavy atom. The number of carbonyl (C=O) groups excluding carboxylic acids is 1. The van der Waals surface area contributed by atoms with Gasteiger partial charge in [0.15, 0.2) is 5.78 Å². The van der Waals surface area contributed by atoms with Crippen molar-refractivity contribution in [3.8, 4) is 11.3 Å². The van der Waals surface area contributed by atoms with Gasteiger partial charge in [0.1, 0.15) is 17.1 Å². The summed E-state index contributed by atoms with van der Waals surface area (Å²) in [6.45, 7) is 1.32. The van der Waals surface area contributed by atoms with Crippen LogP contribution in [-0.4, -0.2) is 16.9 Å². The number of hydrogen-bond acceptors (Lipinski definition) is 3. The van der Waals surface area contributed by atoms with Gasteiger partial charge >= 0.3 is 5.97 Å². The lowest BCUT2D eigenvalue weighted by molar-refractivity contribution is 0.0697. The minimum atomic E-state index is -1.20. The van der Waals surface area contributed by atoms with E-state index in [4.69, 9.17) is 9.52 Å². The molecular formula is C13H9FO4. The summed E-state index contributed by atoms with van der Waals surface area (Å²) in [6.07, 6.45) is 1.19. The summed E-state index contributed by atoms with van der Waals surface area (Å²) in [6, 6.07) is 4.79. The zero-order chi connectivity index (χ0) is 13.3. The van der Waals surface area contributed by atoms with Crippen LogP contribution in [0.2, 0.25) is 0 Å². The molecule has 0 aliphatic heterocycles. The number of carboxylic acids is 1. The Morgan fingerprint density at radius 1 is 1.22 bits per heavy atom. The predicted molar refractivity (Wildman–Crippen MR) is 61.1 cm³/mol. The van der Waals surface area contributed by atoms with E-state index in [1.165, 1.54) is 25.3 Å². The molecule has 1 N–H and O–H groups in total. The Balaban J connectivity index is 2.69. The van der Waals surface area contributed by atoms with Crippen LogP contribution in [0.1, 0.15) is 27.6 Å². The van der Waals surface area contributed by atoms with Gasteiger partial charge in [-0.05, 0) is 31.2 Å². The molecule has 2 rings (SSSR count). The molecule has 0 amide bonds. The number of aromatic carboxylic acids is 1. The Labute approximate surface area is 102 Å². The fourth-order valence-corrected chi connectivity index (χ4v) is 1.70. The molecule has 5 heteroatoms. The van der Waals surface area contributed by atoms with Gasteiger partial charge in [-0.25, -0.2) is 9.18 Å². The highest BCUT2D eigenvalue weighted by atomic mass is 19.1. The molecule has 0 aliphatic carbocycles. The average Bonchev–Trinajstić information content (AvgIpc) is 2.77. The quantitative estimate of drug-likeness (QED) is 0.848. The van der Waals surface area contributed by atoms with Crippen LogP contribution in [0.25, 0.3) is 11.3 Å². The summed E-state index contributed by atoms with van der Waals surface area (Å²) < 4.78 is 18.3. The van der Waals surface area contributed by atoms with Gasteiger partial charge < -0.3 is 9.52 Å². The molecule has 0 saturated heterocycles. The highest BCUT2D eigenvalue weighted by Crippen LogP contribution is 2.29. The number of rotatable bonds is 3. The molecule has 1 heterocycles. The van der Waals surface area contributed by atoms with Crippen LogP contribution in [0.4, 0.5) is 4.39 Å². The summed E-state index contributed by atoms with van der Waals surface area (Å²) in [4.78, 5) is 22.4. The van der Waals surface area contributed by atoms with Gasteiger partial charge in [-0.15, -0.1) is 0 Å². The van der Waals surface area contributed by atoms with Gasteiger partial charge in [-0.1, -0.05) is 0 Å². The maximum Gasteiger partial charge on any atom is 0.339 e. The lowest BCUT2D eigenvalue weighted by Crippen LogP contribution is -2.01. The zero-order valence-electron chi connectivity index (χ0n) is 9.44. The van der Waals surface area contributed by atoms with Crippen LogP contribution >= 0.6 is 0 Å². The summed E-state index contributed by atoms with van der Waals surface area (Å²) in [5.41, 5.74) is 0.252. The van der Waals surface area contributed by atoms with Gasteiger partial charge in [0.05, 0.1) is 6.26 Å². The molecule has 4 nitrogen and oxygen atoms in total. The summed E-state index contributed by atoms with van der Waals surface area (Å²) in [5.74, 6) is -2.08. The number of hydrogen-bond donors (Lipinski definition) is 1. The van der Waals surface area contributed by atoms with E-state index >= 15 is 0 Å². The van der Waals surface area contributed by atoms with Crippen molar-refractivity contribution in [2.24, 2.45) is 0 Å². The second-order valence-electron chi connectivity index (χ2n) is 3.71. The molecule has 0 aliphatic rings. The van der Waals surface area contributed by atoms with E-state index in [2.05, 4.69) is 0 Å². The SMILES string of the molecule is CC(=O)c1ccc(F)cc1-c1occc1C(=O)O. The van der Waals surface area contributed by atoms with Crippen molar-refractivity contribution >= 4 is 11.8 Å². The van der Waals surface area contributed by atoms with Gasteiger partial charge in [0.2, 0.25) is 0 Å². The molecule has 1 aromatic heterocycles. The number of furan rings is 1. The van der Waals surface area contributed by atoms with Crippen LogP contribution in [0.3, 0.4) is 0 Å². The Hall–Kier alpha value is -2.43. The van der Waals surface area contributed by atoms with Crippen LogP contribution < -0.4 is 0 Å². The Morgan fingerprint density at radius 2 is 1.94 bits per heavy atom. The number of carboxylic acid groups (broad SMARTS) is 1. The van der Waals surface area contributed by atoms with Crippen molar-refractivity contribution in [1.29, 1.82) is 0 Å². The van der Waals surface area contributed by atoms with E-state index in [-0.39, 0.29) is 28.2 Å². The van der Waals surface area contributed by atoms with Crippen molar-refractivity contribution in [2.75, 3.05) is 0 Å². The minimum Gasteiger partial charge on any atom is -0.478 e. The van der Waals surface area contributed by atoms with Gasteiger partial charge in [0, 0.05) is 11.1 Å². The number of carbonyl (C=O) groups is 2.